The van der Waals surface area contributed by atoms with Crippen molar-refractivity contribution in [2.24, 2.45) is 17.8 Å². The number of H-pyrrole nitrogens is 1. The normalized spacial score (nSPS) is 26.9. The first kappa shape index (κ1) is 15.3. The largest absolute Gasteiger partial charge is 0.345 e. The number of nitrogens with zero attached hydrogens (tertiary/aromatic N) is 2. The predicted molar refractivity (Wildman–Crippen MR) is 88.5 cm³/mol. The van der Waals surface area contributed by atoms with Crippen LogP contribution in [0.5, 0.6) is 0 Å². The Bertz CT molecular complexity index is 698. The molecule has 0 radical (unpaired) electrons. The number of aromatic nitrogens is 3. The van der Waals surface area contributed by atoms with Gasteiger partial charge in [0, 0.05) is 18.3 Å². The van der Waals surface area contributed by atoms with Gasteiger partial charge in [-0.2, -0.15) is 0 Å². The minimum atomic E-state index is 0.305. The highest BCUT2D eigenvalue weighted by atomic mass is 15.1. The van der Waals surface area contributed by atoms with Crippen LogP contribution in [0, 0.1) is 23.2 Å². The summed E-state index contributed by atoms with van der Waals surface area (Å²) in [5.74, 6) is 1.96. The zero-order valence-electron chi connectivity index (χ0n) is 13.9. The van der Waals surface area contributed by atoms with Gasteiger partial charge in [-0.05, 0) is 50.6 Å². The van der Waals surface area contributed by atoms with E-state index in [1.165, 1.54) is 12.8 Å². The van der Waals surface area contributed by atoms with Crippen molar-refractivity contribution in [3.05, 3.63) is 23.9 Å². The lowest BCUT2D eigenvalue weighted by Gasteiger charge is -2.30. The van der Waals surface area contributed by atoms with Crippen LogP contribution in [0.25, 0.3) is 11.2 Å². The number of aromatic amines is 1. The molecule has 3 rings (SSSR count). The Labute approximate surface area is 131 Å². The molecular weight excluding hydrogens is 274 g/mol. The lowest BCUT2D eigenvalue weighted by Crippen LogP contribution is -2.31. The van der Waals surface area contributed by atoms with E-state index in [1.54, 1.807) is 6.20 Å². The Kier molecular flexibility index (Phi) is 4.08. The van der Waals surface area contributed by atoms with Crippen molar-refractivity contribution < 1.29 is 0 Å². The summed E-state index contributed by atoms with van der Waals surface area (Å²) in [7, 11) is 2.06. The maximum Gasteiger partial charge on any atom is 0.154 e. The molecule has 0 amide bonds. The number of hydrogen-bond acceptors (Lipinski definition) is 3. The second-order valence-electron chi connectivity index (χ2n) is 6.99. The molecule has 4 atom stereocenters. The third-order valence-corrected chi connectivity index (χ3v) is 5.49. The SMILES string of the molecule is CNC1C[C@H](C(C)C)[C@@H](C(C)n2c(=N)cnc3[nH]ccc32)C1. The average molecular weight is 301 g/mol. The summed E-state index contributed by atoms with van der Waals surface area (Å²) >= 11 is 0. The van der Waals surface area contributed by atoms with Crippen LogP contribution in [0.1, 0.15) is 39.7 Å². The van der Waals surface area contributed by atoms with E-state index in [0.29, 0.717) is 35.3 Å². The van der Waals surface area contributed by atoms with Crippen LogP contribution in [0.3, 0.4) is 0 Å². The molecule has 0 saturated heterocycles. The molecule has 1 aliphatic rings. The van der Waals surface area contributed by atoms with E-state index in [-0.39, 0.29) is 0 Å². The summed E-state index contributed by atoms with van der Waals surface area (Å²) in [6.07, 6.45) is 5.98. The Balaban J connectivity index is 2.01. The van der Waals surface area contributed by atoms with Gasteiger partial charge in [0.2, 0.25) is 0 Å². The molecule has 3 N–H and O–H groups in total. The van der Waals surface area contributed by atoms with Gasteiger partial charge in [0.1, 0.15) is 5.49 Å². The van der Waals surface area contributed by atoms with Crippen molar-refractivity contribution in [1.82, 2.24) is 19.9 Å². The molecule has 0 bridgehead atoms. The summed E-state index contributed by atoms with van der Waals surface area (Å²) in [6.45, 7) is 6.92. The van der Waals surface area contributed by atoms with Crippen LogP contribution in [0.15, 0.2) is 18.5 Å². The fourth-order valence-corrected chi connectivity index (χ4v) is 4.26. The summed E-state index contributed by atoms with van der Waals surface area (Å²) in [5.41, 5.74) is 2.40. The molecule has 2 unspecified atom stereocenters. The molecule has 1 saturated carbocycles. The van der Waals surface area contributed by atoms with Crippen LogP contribution in [0.4, 0.5) is 0 Å². The number of nitrogens with one attached hydrogen (secondary N) is 3. The second kappa shape index (κ2) is 5.88. The molecule has 0 aromatic carbocycles. The first-order valence-corrected chi connectivity index (χ1v) is 8.29. The van der Waals surface area contributed by atoms with E-state index < -0.39 is 0 Å². The lowest BCUT2D eigenvalue weighted by molar-refractivity contribution is 0.224. The van der Waals surface area contributed by atoms with Crippen LogP contribution in [-0.2, 0) is 0 Å². The van der Waals surface area contributed by atoms with Crippen LogP contribution in [-0.4, -0.2) is 27.6 Å². The molecule has 22 heavy (non-hydrogen) atoms. The first-order valence-electron chi connectivity index (χ1n) is 8.29. The van der Waals surface area contributed by atoms with Crippen LogP contribution in [0.2, 0.25) is 0 Å². The van der Waals surface area contributed by atoms with Gasteiger partial charge in [0.05, 0.1) is 11.7 Å². The third-order valence-electron chi connectivity index (χ3n) is 5.49. The number of rotatable bonds is 4. The fourth-order valence-electron chi connectivity index (χ4n) is 4.26. The standard InChI is InChI=1S/C17H27N5/c1-10(2)13-7-12(19-4)8-14(13)11(3)22-15-5-6-20-17(15)21-9-16(22)18/h5-6,9-14,18-20H,7-8H2,1-4H3/t11?,12?,13-,14-/m1/s1. The topological polar surface area (TPSA) is 69.5 Å². The second-order valence-corrected chi connectivity index (χ2v) is 6.99. The third kappa shape index (κ3) is 2.47. The van der Waals surface area contributed by atoms with Crippen molar-refractivity contribution in [2.75, 3.05) is 7.05 Å². The minimum Gasteiger partial charge on any atom is -0.345 e. The van der Waals surface area contributed by atoms with E-state index in [9.17, 15) is 0 Å². The van der Waals surface area contributed by atoms with Crippen LogP contribution < -0.4 is 10.8 Å². The van der Waals surface area contributed by atoms with E-state index >= 15 is 0 Å². The van der Waals surface area contributed by atoms with Gasteiger partial charge in [0.25, 0.3) is 0 Å². The highest BCUT2D eigenvalue weighted by Gasteiger charge is 2.39. The molecular formula is C17H27N5. The predicted octanol–water partition coefficient (Wildman–Crippen LogP) is 2.68. The molecule has 5 heteroatoms. The lowest BCUT2D eigenvalue weighted by atomic mass is 9.82. The minimum absolute atomic E-state index is 0.305. The van der Waals surface area contributed by atoms with E-state index in [0.717, 1.165) is 11.2 Å². The van der Waals surface area contributed by atoms with Gasteiger partial charge >= 0.3 is 0 Å². The zero-order valence-corrected chi connectivity index (χ0v) is 13.9. The molecule has 2 aromatic rings. The van der Waals surface area contributed by atoms with Gasteiger partial charge in [-0.1, -0.05) is 13.8 Å². The quantitative estimate of drug-likeness (QED) is 0.812. The molecule has 0 spiro atoms. The van der Waals surface area contributed by atoms with Crippen molar-refractivity contribution in [1.29, 1.82) is 5.41 Å². The monoisotopic (exact) mass is 301 g/mol. The summed E-state index contributed by atoms with van der Waals surface area (Å²) in [4.78, 5) is 7.48. The highest BCUT2D eigenvalue weighted by molar-refractivity contribution is 5.70. The van der Waals surface area contributed by atoms with Gasteiger partial charge < -0.3 is 14.9 Å². The molecule has 5 nitrogen and oxygen atoms in total. The molecule has 0 aliphatic heterocycles. The Morgan fingerprint density at radius 3 is 2.73 bits per heavy atom. The summed E-state index contributed by atoms with van der Waals surface area (Å²) in [5, 5.41) is 11.8. The average Bonchev–Trinajstić information content (AvgIpc) is 3.12. The number of fused-ring (bicyclic) bond motifs is 1. The first-order chi connectivity index (χ1) is 10.5. The van der Waals surface area contributed by atoms with Gasteiger partial charge in [-0.15, -0.1) is 0 Å². The highest BCUT2D eigenvalue weighted by Crippen LogP contribution is 2.43. The Morgan fingerprint density at radius 2 is 2.05 bits per heavy atom. The van der Waals surface area contributed by atoms with Crippen LogP contribution >= 0.6 is 0 Å². The van der Waals surface area contributed by atoms with Crippen molar-refractivity contribution in [3.63, 3.8) is 0 Å². The molecule has 1 aliphatic carbocycles. The zero-order chi connectivity index (χ0) is 15.9. The van der Waals surface area contributed by atoms with E-state index in [4.69, 9.17) is 5.41 Å². The van der Waals surface area contributed by atoms with Crippen molar-refractivity contribution in [3.8, 4) is 0 Å². The smallest absolute Gasteiger partial charge is 0.154 e. The Hall–Kier alpha value is -1.62. The Morgan fingerprint density at radius 1 is 1.32 bits per heavy atom. The molecule has 2 heterocycles. The molecule has 2 aromatic heterocycles. The fraction of sp³-hybridized carbons (Fsp3) is 0.647. The number of hydrogen-bond donors (Lipinski definition) is 3. The van der Waals surface area contributed by atoms with Gasteiger partial charge in [-0.25, -0.2) is 4.98 Å². The molecule has 1 fully saturated rings. The summed E-state index contributed by atoms with van der Waals surface area (Å²) < 4.78 is 2.15. The maximum absolute atomic E-state index is 8.33. The van der Waals surface area contributed by atoms with Gasteiger partial charge in [-0.3, -0.25) is 5.41 Å². The van der Waals surface area contributed by atoms with Crippen molar-refractivity contribution in [2.45, 2.75) is 45.7 Å². The van der Waals surface area contributed by atoms with Gasteiger partial charge in [0.15, 0.2) is 5.65 Å². The molecule has 120 valence electrons. The van der Waals surface area contributed by atoms with Crippen molar-refractivity contribution >= 4 is 11.2 Å². The summed E-state index contributed by atoms with van der Waals surface area (Å²) in [6, 6.07) is 2.93. The maximum atomic E-state index is 8.33. The van der Waals surface area contributed by atoms with E-state index in [2.05, 4.69) is 47.7 Å². The van der Waals surface area contributed by atoms with E-state index in [1.807, 2.05) is 12.3 Å².